The molecule has 0 fully saturated rings. The van der Waals surface area contributed by atoms with E-state index < -0.39 is 20.2 Å². The van der Waals surface area contributed by atoms with Crippen LogP contribution >= 0.6 is 0 Å². The fourth-order valence-electron chi connectivity index (χ4n) is 10.2. The van der Waals surface area contributed by atoms with Gasteiger partial charge in [0.1, 0.15) is 6.54 Å². The van der Waals surface area contributed by atoms with Gasteiger partial charge in [0.2, 0.25) is 5.69 Å². The van der Waals surface area contributed by atoms with Gasteiger partial charge in [-0.05, 0) is 97.2 Å². The molecule has 0 saturated heterocycles. The first-order valence-electron chi connectivity index (χ1n) is 21.9. The van der Waals surface area contributed by atoms with Gasteiger partial charge in [-0.2, -0.15) is 21.4 Å². The third-order valence-electron chi connectivity index (χ3n) is 12.9. The summed E-state index contributed by atoms with van der Waals surface area (Å²) < 4.78 is 67.7. The van der Waals surface area contributed by atoms with E-state index in [1.54, 1.807) is 0 Å². The van der Waals surface area contributed by atoms with Crippen molar-refractivity contribution in [1.82, 2.24) is 0 Å². The number of anilines is 1. The predicted octanol–water partition coefficient (Wildman–Crippen LogP) is 11.7. The second-order valence-electron chi connectivity index (χ2n) is 17.8. The average molecular weight is 854 g/mol. The second-order valence-corrected chi connectivity index (χ2v) is 20.9. The van der Waals surface area contributed by atoms with Gasteiger partial charge in [-0.1, -0.05) is 126 Å². The van der Waals surface area contributed by atoms with Gasteiger partial charge in [-0.25, -0.2) is 0 Å². The van der Waals surface area contributed by atoms with E-state index in [-0.39, 0.29) is 34.2 Å². The normalized spacial score (nSPS) is 18.1. The van der Waals surface area contributed by atoms with Crippen LogP contribution in [0, 0.1) is 11.8 Å². The van der Waals surface area contributed by atoms with Crippen LogP contribution in [0.4, 0.5) is 11.4 Å². The van der Waals surface area contributed by atoms with Gasteiger partial charge in [-0.3, -0.25) is 9.11 Å². The largest absolute Gasteiger partial charge is 0.344 e. The predicted molar refractivity (Wildman–Crippen MR) is 250 cm³/mol. The minimum Gasteiger partial charge on any atom is -0.344 e. The van der Waals surface area contributed by atoms with Gasteiger partial charge in [0.25, 0.3) is 20.2 Å². The van der Waals surface area contributed by atoms with Crippen molar-refractivity contribution in [2.45, 2.75) is 110 Å². The van der Waals surface area contributed by atoms with E-state index in [1.165, 1.54) is 44.1 Å². The van der Waals surface area contributed by atoms with Gasteiger partial charge in [0, 0.05) is 47.3 Å². The molecule has 2 heterocycles. The topological polar surface area (TPSA) is 115 Å². The lowest BCUT2D eigenvalue weighted by Crippen LogP contribution is -2.39. The van der Waals surface area contributed by atoms with Crippen LogP contribution in [0.25, 0.3) is 21.5 Å². The Bertz CT molecular complexity index is 2530. The van der Waals surface area contributed by atoms with Crippen molar-refractivity contribution in [1.29, 1.82) is 0 Å². The molecule has 0 radical (unpaired) electrons. The monoisotopic (exact) mass is 853 g/mol. The molecule has 2 N–H and O–H groups in total. The SMILES string of the molecule is CCCCCC(/C=C/C=C/C=C1N(CCCCS(=O)(=O)O)c2ccc3ccccc3c2C1(C)C)C(CC)C1=[N+](CCCCS(=O)(=O)O)c2ccc3ccccc3c2C1(C)C. The molecule has 0 spiro atoms. The van der Waals surface area contributed by atoms with Crippen LogP contribution < -0.4 is 4.90 Å². The van der Waals surface area contributed by atoms with Crippen molar-refractivity contribution >= 4 is 58.9 Å². The molecular formula is C50H65N2O6S2+. The molecule has 2 aliphatic heterocycles. The molecule has 322 valence electrons. The molecule has 0 aliphatic carbocycles. The van der Waals surface area contributed by atoms with Gasteiger partial charge < -0.3 is 4.90 Å². The van der Waals surface area contributed by atoms with Crippen molar-refractivity contribution < 1.29 is 30.5 Å². The Kier molecular flexibility index (Phi) is 14.3. The minimum absolute atomic E-state index is 0.238. The Morgan fingerprint density at radius 3 is 1.93 bits per heavy atom. The molecule has 2 atom stereocenters. The summed E-state index contributed by atoms with van der Waals surface area (Å²) in [7, 11) is -8.05. The zero-order chi connectivity index (χ0) is 43.3. The highest BCUT2D eigenvalue weighted by Crippen LogP contribution is 2.51. The fraction of sp³-hybridized carbons (Fsp3) is 0.460. The van der Waals surface area contributed by atoms with E-state index in [0.717, 1.165) is 43.5 Å². The Labute approximate surface area is 359 Å². The van der Waals surface area contributed by atoms with Crippen LogP contribution in [-0.2, 0) is 31.1 Å². The molecule has 10 heteroatoms. The maximum absolute atomic E-state index is 11.7. The molecular weight excluding hydrogens is 789 g/mol. The zero-order valence-electron chi connectivity index (χ0n) is 36.4. The van der Waals surface area contributed by atoms with Gasteiger partial charge >= 0.3 is 0 Å². The molecule has 2 unspecified atom stereocenters. The lowest BCUT2D eigenvalue weighted by molar-refractivity contribution is -0.442. The maximum Gasteiger partial charge on any atom is 0.264 e. The first-order chi connectivity index (χ1) is 28.5. The number of nitrogens with zero attached hydrogens (tertiary/aromatic N) is 2. The number of benzene rings is 4. The number of rotatable bonds is 20. The average Bonchev–Trinajstić information content (AvgIpc) is 3.56. The van der Waals surface area contributed by atoms with Crippen LogP contribution in [0.15, 0.2) is 109 Å². The van der Waals surface area contributed by atoms with E-state index in [9.17, 15) is 25.9 Å². The second kappa shape index (κ2) is 18.9. The molecule has 2 aliphatic rings. The van der Waals surface area contributed by atoms with Crippen molar-refractivity contribution in [3.63, 3.8) is 0 Å². The third-order valence-corrected chi connectivity index (χ3v) is 14.5. The van der Waals surface area contributed by atoms with Crippen molar-refractivity contribution in [2.75, 3.05) is 29.5 Å². The van der Waals surface area contributed by atoms with E-state index in [4.69, 9.17) is 0 Å². The fourth-order valence-corrected chi connectivity index (χ4v) is 11.3. The number of fused-ring (bicyclic) bond motifs is 6. The van der Waals surface area contributed by atoms with E-state index >= 15 is 0 Å². The first kappa shape index (κ1) is 45.4. The molecule has 0 aromatic heterocycles. The summed E-state index contributed by atoms with van der Waals surface area (Å²) in [5, 5.41) is 4.86. The Balaban J connectivity index is 1.34. The summed E-state index contributed by atoms with van der Waals surface area (Å²) in [5.74, 6) is 0.0219. The zero-order valence-corrected chi connectivity index (χ0v) is 38.0. The van der Waals surface area contributed by atoms with Gasteiger partial charge in [-0.15, -0.1) is 0 Å². The van der Waals surface area contributed by atoms with Crippen molar-refractivity contribution in [3.05, 3.63) is 120 Å². The summed E-state index contributed by atoms with van der Waals surface area (Å²) in [6.07, 6.45) is 18.5. The van der Waals surface area contributed by atoms with Crippen LogP contribution in [0.3, 0.4) is 0 Å². The molecule has 8 nitrogen and oxygen atoms in total. The van der Waals surface area contributed by atoms with Crippen LogP contribution in [0.2, 0.25) is 0 Å². The first-order valence-corrected chi connectivity index (χ1v) is 25.1. The molecule has 0 amide bonds. The lowest BCUT2D eigenvalue weighted by atomic mass is 9.70. The smallest absolute Gasteiger partial charge is 0.264 e. The highest BCUT2D eigenvalue weighted by Gasteiger charge is 2.50. The van der Waals surface area contributed by atoms with E-state index in [0.29, 0.717) is 38.8 Å². The Hall–Kier alpha value is -4.09. The lowest BCUT2D eigenvalue weighted by Gasteiger charge is -2.29. The van der Waals surface area contributed by atoms with Crippen molar-refractivity contribution in [2.24, 2.45) is 11.8 Å². The van der Waals surface area contributed by atoms with E-state index in [2.05, 4.69) is 154 Å². The van der Waals surface area contributed by atoms with Crippen LogP contribution in [0.5, 0.6) is 0 Å². The van der Waals surface area contributed by atoms with Crippen LogP contribution in [0.1, 0.15) is 110 Å². The summed E-state index contributed by atoms with van der Waals surface area (Å²) in [6, 6.07) is 25.8. The summed E-state index contributed by atoms with van der Waals surface area (Å²) in [5.41, 5.74) is 6.86. The maximum atomic E-state index is 11.7. The number of hydrogen-bond acceptors (Lipinski definition) is 5. The molecule has 0 bridgehead atoms. The molecule has 6 rings (SSSR count). The minimum atomic E-state index is -4.03. The molecule has 60 heavy (non-hydrogen) atoms. The Morgan fingerprint density at radius 2 is 1.30 bits per heavy atom. The van der Waals surface area contributed by atoms with Gasteiger partial charge in [0.05, 0.1) is 16.9 Å². The van der Waals surface area contributed by atoms with Gasteiger partial charge in [0.15, 0.2) is 5.71 Å². The summed E-state index contributed by atoms with van der Waals surface area (Å²) in [6.45, 7) is 15.1. The van der Waals surface area contributed by atoms with Crippen LogP contribution in [-0.4, -0.2) is 60.8 Å². The van der Waals surface area contributed by atoms with Crippen molar-refractivity contribution in [3.8, 4) is 0 Å². The quantitative estimate of drug-likeness (QED) is 0.0394. The molecule has 0 saturated carbocycles. The number of allylic oxidation sites excluding steroid dienone is 6. The number of hydrogen-bond donors (Lipinski definition) is 2. The standard InChI is InChI=1S/C50H64N2O6S2/c1-7-9-11-22-37(40(8-2)48-50(5,6)47-42-27-17-15-25-39(42)30-32-44(47)52(48)34-19-21-36-60(56,57)58)23-12-10-13-28-45-49(3,4)46-41-26-16-14-24-38(41)29-31-43(46)51(45)33-18-20-35-59(53,54)55/h10,12-17,23-32,37,40H,7-9,11,18-22,33-36H2,1-6H3,(H-,53,54,55,56,57,58)/p+1/b13-10+,23-12+,45-28?. The highest BCUT2D eigenvalue weighted by molar-refractivity contribution is 7.86. The molecule has 4 aromatic carbocycles. The molecule has 4 aromatic rings. The third kappa shape index (κ3) is 9.99. The number of unbranched alkanes of at least 4 members (excludes halogenated alkanes) is 4. The summed E-state index contributed by atoms with van der Waals surface area (Å²) >= 11 is 0. The summed E-state index contributed by atoms with van der Waals surface area (Å²) in [4.78, 5) is 2.32. The highest BCUT2D eigenvalue weighted by atomic mass is 32.2. The van der Waals surface area contributed by atoms with E-state index in [1.807, 2.05) is 0 Å². The Morgan fingerprint density at radius 1 is 0.683 bits per heavy atom.